The molecule has 1 aliphatic carbocycles. The van der Waals surface area contributed by atoms with Gasteiger partial charge < -0.3 is 18.3 Å². The summed E-state index contributed by atoms with van der Waals surface area (Å²) < 4.78 is 24.5. The molecule has 0 spiro atoms. The maximum absolute atomic E-state index is 6.30. The summed E-state index contributed by atoms with van der Waals surface area (Å²) in [4.78, 5) is 0. The average Bonchev–Trinajstić information content (AvgIpc) is 3.10. The van der Waals surface area contributed by atoms with E-state index in [-0.39, 0.29) is 0 Å². The van der Waals surface area contributed by atoms with Gasteiger partial charge in [0, 0.05) is 31.6 Å². The van der Waals surface area contributed by atoms with Crippen molar-refractivity contribution in [1.82, 2.24) is 0 Å². The van der Waals surface area contributed by atoms with Crippen molar-refractivity contribution in [3.05, 3.63) is 23.8 Å². The Labute approximate surface area is 146 Å². The van der Waals surface area contributed by atoms with Crippen molar-refractivity contribution >= 4 is 13.7 Å². The van der Waals surface area contributed by atoms with E-state index in [9.17, 15) is 0 Å². The Hall–Kier alpha value is -0.883. The van der Waals surface area contributed by atoms with Crippen LogP contribution in [0.3, 0.4) is 0 Å². The summed E-state index contributed by atoms with van der Waals surface area (Å²) in [6.45, 7) is 10.1. The van der Waals surface area contributed by atoms with Crippen LogP contribution in [-0.2, 0) is 20.2 Å². The lowest BCUT2D eigenvalue weighted by Gasteiger charge is -2.40. The number of hydrogen-bond donors (Lipinski definition) is 0. The molecular weight excluding hydrogens is 320 g/mol. The fraction of sp³-hybridized carbons (Fsp3) is 0.684. The van der Waals surface area contributed by atoms with E-state index in [1.54, 1.807) is 0 Å². The van der Waals surface area contributed by atoms with E-state index in [0.717, 1.165) is 16.5 Å². The molecule has 0 radical (unpaired) electrons. The molecule has 134 valence electrons. The van der Waals surface area contributed by atoms with Crippen molar-refractivity contribution in [3.63, 3.8) is 0 Å². The van der Waals surface area contributed by atoms with Crippen LogP contribution in [0.4, 0.5) is 0 Å². The van der Waals surface area contributed by atoms with Gasteiger partial charge in [-0.3, -0.25) is 0 Å². The lowest BCUT2D eigenvalue weighted by molar-refractivity contribution is -0.224. The number of hydrogen-bond acceptors (Lipinski definition) is 4. The Balaban J connectivity index is 1.83. The van der Waals surface area contributed by atoms with Crippen molar-refractivity contribution in [2.75, 3.05) is 13.2 Å². The van der Waals surface area contributed by atoms with E-state index in [1.165, 1.54) is 25.7 Å². The highest BCUT2D eigenvalue weighted by Gasteiger charge is 2.43. The molecule has 1 saturated carbocycles. The van der Waals surface area contributed by atoms with Crippen LogP contribution in [0.5, 0.6) is 5.75 Å². The maximum Gasteiger partial charge on any atom is 0.369 e. The Kier molecular flexibility index (Phi) is 5.35. The van der Waals surface area contributed by atoms with Crippen LogP contribution in [-0.4, -0.2) is 27.6 Å². The molecular formula is C19H30O4Si. The third-order valence-electron chi connectivity index (χ3n) is 5.35. The number of rotatable bonds is 6. The van der Waals surface area contributed by atoms with Crippen LogP contribution in [0, 0.1) is 5.92 Å². The zero-order valence-electron chi connectivity index (χ0n) is 15.4. The lowest BCUT2D eigenvalue weighted by Crippen LogP contribution is -2.51. The largest absolute Gasteiger partial charge is 0.462 e. The molecule has 3 rings (SSSR count). The normalized spacial score (nSPS) is 24.7. The summed E-state index contributed by atoms with van der Waals surface area (Å²) in [6, 6.07) is 6.33. The van der Waals surface area contributed by atoms with Crippen molar-refractivity contribution in [2.24, 2.45) is 5.92 Å². The maximum atomic E-state index is 6.30. The second-order valence-electron chi connectivity index (χ2n) is 7.02. The molecule has 2 aliphatic rings. The molecule has 24 heavy (non-hydrogen) atoms. The molecule has 1 aromatic rings. The molecule has 0 bridgehead atoms. The van der Waals surface area contributed by atoms with Crippen molar-refractivity contribution in [1.29, 1.82) is 0 Å². The van der Waals surface area contributed by atoms with Crippen molar-refractivity contribution in [2.45, 2.75) is 65.4 Å². The van der Waals surface area contributed by atoms with E-state index in [2.05, 4.69) is 31.7 Å². The van der Waals surface area contributed by atoms with Gasteiger partial charge in [-0.25, -0.2) is 0 Å². The molecule has 1 atom stereocenters. The van der Waals surface area contributed by atoms with Gasteiger partial charge >= 0.3 is 8.56 Å². The first kappa shape index (κ1) is 17.9. The standard InChI is InChI=1S/C19H30O4Si/c1-5-21-24(4,22-6-2)17-11-12-18-15(13-17)14-20-19(3,23-18)16-9-7-8-10-16/h11-13,16H,5-10,14H2,1-4H3. The summed E-state index contributed by atoms with van der Waals surface area (Å²) in [6.07, 6.45) is 4.96. The van der Waals surface area contributed by atoms with Gasteiger partial charge in [0.2, 0.25) is 5.79 Å². The van der Waals surface area contributed by atoms with Gasteiger partial charge in [0.25, 0.3) is 0 Å². The number of fused-ring (bicyclic) bond motifs is 1. The van der Waals surface area contributed by atoms with Gasteiger partial charge in [-0.2, -0.15) is 0 Å². The molecule has 5 heteroatoms. The summed E-state index contributed by atoms with van der Waals surface area (Å²) in [5, 5.41) is 1.14. The second kappa shape index (κ2) is 7.16. The van der Waals surface area contributed by atoms with E-state index < -0.39 is 14.3 Å². The summed E-state index contributed by atoms with van der Waals surface area (Å²) in [5.41, 5.74) is 1.10. The zero-order valence-corrected chi connectivity index (χ0v) is 16.4. The Morgan fingerprint density at radius 1 is 1.17 bits per heavy atom. The SMILES string of the molecule is CCO[Si](C)(OCC)c1ccc2c(c1)COC(C)(C1CCCC1)O2. The van der Waals surface area contributed by atoms with Gasteiger partial charge in [-0.05, 0) is 50.6 Å². The fourth-order valence-electron chi connectivity index (χ4n) is 3.95. The quantitative estimate of drug-likeness (QED) is 0.730. The Morgan fingerprint density at radius 2 is 1.83 bits per heavy atom. The summed E-state index contributed by atoms with van der Waals surface area (Å²) >= 11 is 0. The minimum absolute atomic E-state index is 0.481. The first-order valence-corrected chi connectivity index (χ1v) is 11.6. The molecule has 1 heterocycles. The number of benzene rings is 1. The van der Waals surface area contributed by atoms with Crippen LogP contribution >= 0.6 is 0 Å². The highest BCUT2D eigenvalue weighted by atomic mass is 28.4. The molecule has 0 saturated heterocycles. The van der Waals surface area contributed by atoms with Gasteiger partial charge in [-0.1, -0.05) is 18.9 Å². The molecule has 1 unspecified atom stereocenters. The Bertz CT molecular complexity index is 564. The molecule has 0 aromatic heterocycles. The minimum atomic E-state index is -2.36. The zero-order chi connectivity index (χ0) is 17.2. The van der Waals surface area contributed by atoms with Crippen LogP contribution in [0.2, 0.25) is 6.55 Å². The number of ether oxygens (including phenoxy) is 2. The summed E-state index contributed by atoms with van der Waals surface area (Å²) in [7, 11) is -2.36. The first-order chi connectivity index (χ1) is 11.5. The third-order valence-corrected chi connectivity index (χ3v) is 8.39. The van der Waals surface area contributed by atoms with E-state index in [1.807, 2.05) is 13.8 Å². The molecule has 0 amide bonds. The van der Waals surface area contributed by atoms with Crippen LogP contribution < -0.4 is 9.92 Å². The van der Waals surface area contributed by atoms with E-state index >= 15 is 0 Å². The predicted molar refractivity (Wildman–Crippen MR) is 96.7 cm³/mol. The lowest BCUT2D eigenvalue weighted by atomic mass is 9.97. The van der Waals surface area contributed by atoms with Gasteiger partial charge in [-0.15, -0.1) is 0 Å². The van der Waals surface area contributed by atoms with E-state index in [4.69, 9.17) is 18.3 Å². The first-order valence-electron chi connectivity index (χ1n) is 9.25. The topological polar surface area (TPSA) is 36.9 Å². The molecule has 1 aliphatic heterocycles. The van der Waals surface area contributed by atoms with Gasteiger partial charge in [0.05, 0.1) is 6.61 Å². The van der Waals surface area contributed by atoms with E-state index in [0.29, 0.717) is 25.7 Å². The van der Waals surface area contributed by atoms with Gasteiger partial charge in [0.15, 0.2) is 0 Å². The predicted octanol–water partition coefficient (Wildman–Crippen LogP) is 3.85. The van der Waals surface area contributed by atoms with Crippen LogP contribution in [0.15, 0.2) is 18.2 Å². The monoisotopic (exact) mass is 350 g/mol. The second-order valence-corrected chi connectivity index (χ2v) is 10.1. The molecule has 1 aromatic carbocycles. The van der Waals surface area contributed by atoms with Gasteiger partial charge in [0.1, 0.15) is 5.75 Å². The highest BCUT2D eigenvalue weighted by Crippen LogP contribution is 2.41. The minimum Gasteiger partial charge on any atom is -0.462 e. The summed E-state index contributed by atoms with van der Waals surface area (Å²) in [5.74, 6) is 0.964. The molecule has 1 fully saturated rings. The molecule has 4 nitrogen and oxygen atoms in total. The highest BCUT2D eigenvalue weighted by molar-refractivity contribution is 6.80. The molecule has 0 N–H and O–H groups in total. The Morgan fingerprint density at radius 3 is 2.46 bits per heavy atom. The van der Waals surface area contributed by atoms with Crippen molar-refractivity contribution < 1.29 is 18.3 Å². The van der Waals surface area contributed by atoms with Crippen molar-refractivity contribution in [3.8, 4) is 5.75 Å². The average molecular weight is 351 g/mol. The third kappa shape index (κ3) is 3.40. The fourth-order valence-corrected chi connectivity index (χ4v) is 6.29. The van der Waals surface area contributed by atoms with Crippen LogP contribution in [0.1, 0.15) is 52.0 Å². The van der Waals surface area contributed by atoms with Crippen LogP contribution in [0.25, 0.3) is 0 Å². The smallest absolute Gasteiger partial charge is 0.369 e.